The first-order chi connectivity index (χ1) is 15.9. The van der Waals surface area contributed by atoms with E-state index in [0.29, 0.717) is 29.8 Å². The minimum Gasteiger partial charge on any atom is -0.490 e. The Morgan fingerprint density at radius 3 is 2.73 bits per heavy atom. The molecule has 8 nitrogen and oxygen atoms in total. The summed E-state index contributed by atoms with van der Waals surface area (Å²) >= 11 is 0. The third-order valence-electron chi connectivity index (χ3n) is 8.01. The second kappa shape index (κ2) is 8.82. The Kier molecular flexibility index (Phi) is 6.16. The molecule has 0 N–H and O–H groups in total. The molecule has 182 valence electrons. The normalized spacial score (nSPS) is 41.7. The van der Waals surface area contributed by atoms with Crippen LogP contribution in [0, 0.1) is 23.7 Å². The average molecular weight is 463 g/mol. The Morgan fingerprint density at radius 1 is 1.09 bits per heavy atom. The van der Waals surface area contributed by atoms with Crippen LogP contribution < -0.4 is 4.74 Å². The maximum Gasteiger partial charge on any atom is 0.341 e. The lowest BCUT2D eigenvalue weighted by Crippen LogP contribution is -2.70. The minimum atomic E-state index is -0.802. The second-order valence-corrected chi connectivity index (χ2v) is 9.98. The van der Waals surface area contributed by atoms with Crippen molar-refractivity contribution in [3.05, 3.63) is 29.8 Å². The summed E-state index contributed by atoms with van der Waals surface area (Å²) in [5, 5.41) is 0. The molecule has 2 bridgehead atoms. The van der Waals surface area contributed by atoms with Crippen molar-refractivity contribution >= 4 is 5.97 Å². The fourth-order valence-electron chi connectivity index (χ4n) is 6.25. The highest BCUT2D eigenvalue weighted by Crippen LogP contribution is 2.60. The Labute approximate surface area is 194 Å². The quantitative estimate of drug-likeness (QED) is 0.355. The minimum absolute atomic E-state index is 0.105. The van der Waals surface area contributed by atoms with E-state index in [0.717, 1.165) is 25.7 Å². The molecular weight excluding hydrogens is 428 g/mol. The van der Waals surface area contributed by atoms with Crippen LogP contribution in [0.25, 0.3) is 0 Å². The first kappa shape index (κ1) is 23.1. The molecule has 1 unspecified atom stereocenters. The molecule has 1 aliphatic carbocycles. The smallest absolute Gasteiger partial charge is 0.341 e. The standard InChI is InChI=1S/C25H34O8/c1-15-9-10-19-16(2)22(29-14-13-28-20-8-6-5-7-17(20)21(26)27-4)30-23-25(19)18(15)11-12-24(3,31-23)32-33-25/h5-8,15-16,18-19,22-23H,9-14H2,1-4H3/t15-,16-,18?,19+,22+,23-,24-,25-/m1/s1. The zero-order valence-electron chi connectivity index (χ0n) is 19.8. The van der Waals surface area contributed by atoms with Crippen molar-refractivity contribution in [1.29, 1.82) is 0 Å². The summed E-state index contributed by atoms with van der Waals surface area (Å²) in [5.74, 6) is 0.401. The number of esters is 1. The molecule has 4 saturated heterocycles. The Bertz CT molecular complexity index is 876. The number of para-hydroxylation sites is 1. The SMILES string of the molecule is COC(=O)c1ccccc1OCCO[C@H]1O[C@@H]2O[C@@]3(C)CCC4[C@H](C)CC[C@@H]([C@H]1C)[C@]42OO3. The van der Waals surface area contributed by atoms with Crippen LogP contribution in [0.3, 0.4) is 0 Å². The summed E-state index contributed by atoms with van der Waals surface area (Å²) in [6, 6.07) is 7.01. The molecule has 4 heterocycles. The summed E-state index contributed by atoms with van der Waals surface area (Å²) in [6.07, 6.45) is 2.98. The van der Waals surface area contributed by atoms with E-state index >= 15 is 0 Å². The first-order valence-corrected chi connectivity index (χ1v) is 12.0. The van der Waals surface area contributed by atoms with Gasteiger partial charge in [0.15, 0.2) is 18.2 Å². The molecule has 33 heavy (non-hydrogen) atoms. The number of hydrogen-bond acceptors (Lipinski definition) is 8. The largest absolute Gasteiger partial charge is 0.490 e. The van der Waals surface area contributed by atoms with Gasteiger partial charge in [-0.3, -0.25) is 0 Å². The molecule has 8 heteroatoms. The molecule has 0 radical (unpaired) electrons. The number of fused-ring (bicyclic) bond motifs is 2. The fourth-order valence-corrected chi connectivity index (χ4v) is 6.25. The topological polar surface area (TPSA) is 81.7 Å². The Hall–Kier alpha value is -1.71. The van der Waals surface area contributed by atoms with Crippen molar-refractivity contribution < 1.29 is 38.3 Å². The zero-order valence-corrected chi connectivity index (χ0v) is 19.8. The molecule has 5 fully saturated rings. The van der Waals surface area contributed by atoms with Crippen molar-refractivity contribution in [2.24, 2.45) is 23.7 Å². The van der Waals surface area contributed by atoms with Crippen LogP contribution in [0.2, 0.25) is 0 Å². The zero-order chi connectivity index (χ0) is 23.2. The highest BCUT2D eigenvalue weighted by Gasteiger charge is 2.69. The van der Waals surface area contributed by atoms with Crippen molar-refractivity contribution in [2.45, 2.75) is 70.4 Å². The van der Waals surface area contributed by atoms with Crippen molar-refractivity contribution in [3.63, 3.8) is 0 Å². The summed E-state index contributed by atoms with van der Waals surface area (Å²) in [5.41, 5.74) is -0.206. The number of rotatable bonds is 6. The van der Waals surface area contributed by atoms with Crippen LogP contribution in [0.1, 0.15) is 56.8 Å². The molecule has 0 amide bonds. The molecule has 1 aromatic carbocycles. The van der Waals surface area contributed by atoms with Gasteiger partial charge in [-0.05, 0) is 50.2 Å². The van der Waals surface area contributed by atoms with Crippen molar-refractivity contribution in [3.8, 4) is 5.75 Å². The average Bonchev–Trinajstić information content (AvgIpc) is 3.05. The van der Waals surface area contributed by atoms with E-state index in [4.69, 9.17) is 33.5 Å². The number of methoxy groups -OCH3 is 1. The lowest BCUT2D eigenvalue weighted by molar-refractivity contribution is -0.577. The highest BCUT2D eigenvalue weighted by atomic mass is 17.3. The van der Waals surface area contributed by atoms with Gasteiger partial charge < -0.3 is 23.7 Å². The van der Waals surface area contributed by atoms with Gasteiger partial charge in [0.05, 0.1) is 13.7 Å². The van der Waals surface area contributed by atoms with Gasteiger partial charge in [0.25, 0.3) is 0 Å². The van der Waals surface area contributed by atoms with Crippen LogP contribution in [0.4, 0.5) is 0 Å². The van der Waals surface area contributed by atoms with Crippen molar-refractivity contribution in [1.82, 2.24) is 0 Å². The van der Waals surface area contributed by atoms with E-state index in [9.17, 15) is 4.79 Å². The van der Waals surface area contributed by atoms with Crippen LogP contribution in [0.15, 0.2) is 24.3 Å². The lowest BCUT2D eigenvalue weighted by atomic mass is 9.58. The predicted molar refractivity (Wildman–Crippen MR) is 116 cm³/mol. The van der Waals surface area contributed by atoms with E-state index < -0.39 is 29.9 Å². The van der Waals surface area contributed by atoms with Crippen LogP contribution >= 0.6 is 0 Å². The second-order valence-electron chi connectivity index (χ2n) is 9.98. The van der Waals surface area contributed by atoms with E-state index in [1.807, 2.05) is 13.0 Å². The van der Waals surface area contributed by atoms with Gasteiger partial charge >= 0.3 is 5.97 Å². The highest BCUT2D eigenvalue weighted by molar-refractivity contribution is 5.92. The maximum atomic E-state index is 11.9. The third-order valence-corrected chi connectivity index (χ3v) is 8.01. The number of hydrogen-bond donors (Lipinski definition) is 0. The summed E-state index contributed by atoms with van der Waals surface area (Å²) in [6.45, 7) is 6.96. The number of carbonyl (C=O) groups excluding carboxylic acids is 1. The van der Waals surface area contributed by atoms with Crippen LogP contribution in [0.5, 0.6) is 5.75 Å². The Balaban J connectivity index is 1.26. The van der Waals surface area contributed by atoms with E-state index in [-0.39, 0.29) is 18.4 Å². The molecule has 1 saturated carbocycles. The lowest BCUT2D eigenvalue weighted by Gasteiger charge is -2.60. The molecule has 1 spiro atoms. The maximum absolute atomic E-state index is 11.9. The predicted octanol–water partition coefficient (Wildman–Crippen LogP) is 4.08. The van der Waals surface area contributed by atoms with Gasteiger partial charge in [-0.1, -0.05) is 26.0 Å². The summed E-state index contributed by atoms with van der Waals surface area (Å²) < 4.78 is 29.6. The Morgan fingerprint density at radius 2 is 1.91 bits per heavy atom. The molecular formula is C25H34O8. The van der Waals surface area contributed by atoms with Crippen LogP contribution in [-0.2, 0) is 28.7 Å². The van der Waals surface area contributed by atoms with E-state index in [1.54, 1.807) is 18.2 Å². The number of carbonyl (C=O) groups is 1. The molecule has 6 rings (SSSR count). The van der Waals surface area contributed by atoms with Gasteiger partial charge in [0.1, 0.15) is 17.9 Å². The van der Waals surface area contributed by atoms with E-state index in [1.165, 1.54) is 7.11 Å². The molecule has 4 aliphatic heterocycles. The van der Waals surface area contributed by atoms with Gasteiger partial charge in [-0.2, -0.15) is 0 Å². The number of ether oxygens (including phenoxy) is 5. The van der Waals surface area contributed by atoms with Gasteiger partial charge in [0, 0.05) is 18.3 Å². The molecule has 1 aromatic rings. The monoisotopic (exact) mass is 462 g/mol. The molecule has 8 atom stereocenters. The molecule has 0 aromatic heterocycles. The number of benzene rings is 1. The van der Waals surface area contributed by atoms with E-state index in [2.05, 4.69) is 13.8 Å². The van der Waals surface area contributed by atoms with Gasteiger partial charge in [0.2, 0.25) is 5.79 Å². The van der Waals surface area contributed by atoms with Gasteiger partial charge in [-0.15, -0.1) is 0 Å². The summed E-state index contributed by atoms with van der Waals surface area (Å²) in [4.78, 5) is 24.0. The summed E-state index contributed by atoms with van der Waals surface area (Å²) in [7, 11) is 1.35. The van der Waals surface area contributed by atoms with Crippen LogP contribution in [-0.4, -0.2) is 50.3 Å². The first-order valence-electron chi connectivity index (χ1n) is 12.0. The fraction of sp³-hybridized carbons (Fsp3) is 0.720. The van der Waals surface area contributed by atoms with Crippen molar-refractivity contribution in [2.75, 3.05) is 20.3 Å². The van der Waals surface area contributed by atoms with Gasteiger partial charge in [-0.25, -0.2) is 14.6 Å². The molecule has 5 aliphatic rings. The third kappa shape index (κ3) is 3.86.